The van der Waals surface area contributed by atoms with Crippen molar-refractivity contribution in [1.82, 2.24) is 4.57 Å². The van der Waals surface area contributed by atoms with Gasteiger partial charge >= 0.3 is 5.97 Å². The molecule has 138 valence electrons. The van der Waals surface area contributed by atoms with E-state index in [2.05, 4.69) is 12.2 Å². The molecule has 3 rings (SSSR count). The maximum atomic E-state index is 12.7. The fourth-order valence-electron chi connectivity index (χ4n) is 3.43. The van der Waals surface area contributed by atoms with E-state index in [1.165, 1.54) is 0 Å². The normalized spacial score (nSPS) is 19.8. The summed E-state index contributed by atoms with van der Waals surface area (Å²) >= 11 is 0. The first-order valence-electron chi connectivity index (χ1n) is 9.34. The number of aromatic nitrogens is 1. The Hall–Kier alpha value is -2.56. The number of nitrogens with one attached hydrogen (secondary N) is 1. The molecule has 1 aromatic heterocycles. The summed E-state index contributed by atoms with van der Waals surface area (Å²) in [5.74, 6) is 0.276. The maximum absolute atomic E-state index is 12.7. The minimum atomic E-state index is -0.422. The van der Waals surface area contributed by atoms with E-state index in [9.17, 15) is 9.59 Å². The van der Waals surface area contributed by atoms with Gasteiger partial charge in [-0.05, 0) is 50.7 Å². The first-order valence-corrected chi connectivity index (χ1v) is 9.34. The van der Waals surface area contributed by atoms with Crippen molar-refractivity contribution in [3.05, 3.63) is 48.3 Å². The number of rotatable bonds is 5. The summed E-state index contributed by atoms with van der Waals surface area (Å²) in [5, 5.41) is 2.96. The highest BCUT2D eigenvalue weighted by atomic mass is 16.5. The molecule has 0 saturated heterocycles. The van der Waals surface area contributed by atoms with Crippen LogP contribution >= 0.6 is 0 Å². The van der Waals surface area contributed by atoms with Gasteiger partial charge in [-0.1, -0.05) is 25.1 Å². The van der Waals surface area contributed by atoms with Crippen molar-refractivity contribution in [1.29, 1.82) is 0 Å². The molecule has 0 aliphatic heterocycles. The van der Waals surface area contributed by atoms with E-state index in [0.29, 0.717) is 23.8 Å². The van der Waals surface area contributed by atoms with Crippen LogP contribution in [-0.2, 0) is 9.53 Å². The Morgan fingerprint density at radius 1 is 1.12 bits per heavy atom. The predicted molar refractivity (Wildman–Crippen MR) is 101 cm³/mol. The zero-order chi connectivity index (χ0) is 18.5. The van der Waals surface area contributed by atoms with Gasteiger partial charge in [-0.3, -0.25) is 4.79 Å². The molecule has 1 aromatic carbocycles. The van der Waals surface area contributed by atoms with Crippen LogP contribution in [0, 0.1) is 11.8 Å². The van der Waals surface area contributed by atoms with Gasteiger partial charge in [0.1, 0.15) is 5.56 Å². The van der Waals surface area contributed by atoms with Gasteiger partial charge in [-0.2, -0.15) is 0 Å². The molecule has 26 heavy (non-hydrogen) atoms. The van der Waals surface area contributed by atoms with E-state index in [-0.39, 0.29) is 11.8 Å². The van der Waals surface area contributed by atoms with Gasteiger partial charge in [0, 0.05) is 24.0 Å². The summed E-state index contributed by atoms with van der Waals surface area (Å²) in [6, 6.07) is 9.69. The Labute approximate surface area is 154 Å². The Kier molecular flexibility index (Phi) is 5.76. The lowest BCUT2D eigenvalue weighted by Gasteiger charge is -2.25. The number of esters is 1. The molecule has 0 bridgehead atoms. The predicted octanol–water partition coefficient (Wildman–Crippen LogP) is 4.42. The molecule has 1 saturated carbocycles. The zero-order valence-electron chi connectivity index (χ0n) is 15.4. The van der Waals surface area contributed by atoms with E-state index < -0.39 is 5.97 Å². The molecule has 1 fully saturated rings. The molecule has 5 heteroatoms. The van der Waals surface area contributed by atoms with Gasteiger partial charge in [0.05, 0.1) is 12.3 Å². The Bertz CT molecular complexity index is 759. The lowest BCUT2D eigenvalue weighted by Crippen LogP contribution is -2.27. The van der Waals surface area contributed by atoms with Crippen LogP contribution < -0.4 is 5.32 Å². The summed E-state index contributed by atoms with van der Waals surface area (Å²) in [5.41, 5.74) is 1.81. The molecule has 1 N–H and O–H groups in total. The summed E-state index contributed by atoms with van der Waals surface area (Å²) in [6.45, 7) is 4.30. The molecule has 0 spiro atoms. The number of amides is 1. The van der Waals surface area contributed by atoms with Crippen LogP contribution in [-0.4, -0.2) is 23.1 Å². The van der Waals surface area contributed by atoms with Gasteiger partial charge in [0.15, 0.2) is 0 Å². The number of hydrogen-bond donors (Lipinski definition) is 1. The van der Waals surface area contributed by atoms with Crippen LogP contribution in [0.25, 0.3) is 5.69 Å². The zero-order valence-corrected chi connectivity index (χ0v) is 15.4. The van der Waals surface area contributed by atoms with Crippen molar-refractivity contribution in [3.63, 3.8) is 0 Å². The number of nitrogens with zero attached hydrogens (tertiary/aromatic N) is 1. The molecular weight excluding hydrogens is 328 g/mol. The van der Waals surface area contributed by atoms with Crippen molar-refractivity contribution >= 4 is 17.6 Å². The number of anilines is 1. The number of hydrogen-bond acceptors (Lipinski definition) is 3. The van der Waals surface area contributed by atoms with Gasteiger partial charge in [0.2, 0.25) is 5.91 Å². The third-order valence-corrected chi connectivity index (χ3v) is 5.02. The minimum Gasteiger partial charge on any atom is -0.462 e. The molecule has 2 aromatic rings. The number of carbonyl (C=O) groups excluding carboxylic acids is 2. The highest BCUT2D eigenvalue weighted by molar-refractivity contribution is 6.02. The molecule has 1 heterocycles. The molecule has 5 nitrogen and oxygen atoms in total. The summed E-state index contributed by atoms with van der Waals surface area (Å²) < 4.78 is 6.99. The third-order valence-electron chi connectivity index (χ3n) is 5.02. The molecule has 1 aliphatic rings. The first kappa shape index (κ1) is 18.2. The molecule has 1 amide bonds. The molecule has 0 radical (unpaired) electrons. The van der Waals surface area contributed by atoms with Crippen molar-refractivity contribution < 1.29 is 14.3 Å². The largest absolute Gasteiger partial charge is 0.462 e. The topological polar surface area (TPSA) is 60.3 Å². The van der Waals surface area contributed by atoms with Crippen molar-refractivity contribution in [2.75, 3.05) is 11.9 Å². The Morgan fingerprint density at radius 3 is 2.46 bits per heavy atom. The van der Waals surface area contributed by atoms with Crippen molar-refractivity contribution in [2.24, 2.45) is 11.8 Å². The second kappa shape index (κ2) is 8.21. The highest BCUT2D eigenvalue weighted by Gasteiger charge is 2.26. The second-order valence-corrected chi connectivity index (χ2v) is 6.99. The molecule has 0 unspecified atom stereocenters. The van der Waals surface area contributed by atoms with Crippen molar-refractivity contribution in [3.8, 4) is 5.69 Å². The summed E-state index contributed by atoms with van der Waals surface area (Å²) in [6.07, 6.45) is 7.46. The second-order valence-electron chi connectivity index (χ2n) is 6.99. The van der Waals surface area contributed by atoms with Crippen LogP contribution in [0.1, 0.15) is 49.9 Å². The monoisotopic (exact) mass is 354 g/mol. The fraction of sp³-hybridized carbons (Fsp3) is 0.429. The first-order chi connectivity index (χ1) is 12.6. The molecule has 1 aliphatic carbocycles. The van der Waals surface area contributed by atoms with Crippen LogP contribution in [0.5, 0.6) is 0 Å². The maximum Gasteiger partial charge on any atom is 0.341 e. The molecular formula is C21H26N2O3. The van der Waals surface area contributed by atoms with Crippen molar-refractivity contribution in [2.45, 2.75) is 39.5 Å². The lowest BCUT2D eigenvalue weighted by atomic mass is 9.82. The SMILES string of the molecule is CCOC(=O)c1cn(-c2ccccc2)cc1NC(=O)[C@H]1CC[C@H](C)CC1. The quantitative estimate of drug-likeness (QED) is 0.809. The highest BCUT2D eigenvalue weighted by Crippen LogP contribution is 2.30. The van der Waals surface area contributed by atoms with Gasteiger partial charge in [0.25, 0.3) is 0 Å². The van der Waals surface area contributed by atoms with Gasteiger partial charge in [-0.15, -0.1) is 0 Å². The number of benzene rings is 1. The van der Waals surface area contributed by atoms with Gasteiger partial charge in [-0.25, -0.2) is 4.79 Å². The smallest absolute Gasteiger partial charge is 0.341 e. The molecule has 0 atom stereocenters. The van der Waals surface area contributed by atoms with E-state index >= 15 is 0 Å². The summed E-state index contributed by atoms with van der Waals surface area (Å²) in [7, 11) is 0. The standard InChI is InChI=1S/C21H26N2O3/c1-3-26-21(25)18-13-23(17-7-5-4-6-8-17)14-19(18)22-20(24)16-11-9-15(2)10-12-16/h4-8,13-16H,3,9-12H2,1-2H3,(H,22,24)/t15-,16-. The Morgan fingerprint density at radius 2 is 1.81 bits per heavy atom. The minimum absolute atomic E-state index is 0.00624. The Balaban J connectivity index is 1.83. The van der Waals surface area contributed by atoms with Crippen LogP contribution in [0.15, 0.2) is 42.7 Å². The third kappa shape index (κ3) is 4.15. The number of ether oxygens (including phenoxy) is 1. The van der Waals surface area contributed by atoms with E-state index in [0.717, 1.165) is 31.4 Å². The average Bonchev–Trinajstić information content (AvgIpc) is 3.07. The van der Waals surface area contributed by atoms with E-state index in [1.807, 2.05) is 34.9 Å². The fourth-order valence-corrected chi connectivity index (χ4v) is 3.43. The van der Waals surface area contributed by atoms with Gasteiger partial charge < -0.3 is 14.6 Å². The van der Waals surface area contributed by atoms with E-state index in [4.69, 9.17) is 4.74 Å². The van der Waals surface area contributed by atoms with Crippen LogP contribution in [0.2, 0.25) is 0 Å². The van der Waals surface area contributed by atoms with E-state index in [1.54, 1.807) is 19.3 Å². The van der Waals surface area contributed by atoms with Crippen LogP contribution in [0.3, 0.4) is 0 Å². The average molecular weight is 354 g/mol. The number of carbonyl (C=O) groups is 2. The lowest BCUT2D eigenvalue weighted by molar-refractivity contribution is -0.121. The van der Waals surface area contributed by atoms with Crippen LogP contribution in [0.4, 0.5) is 5.69 Å². The number of para-hydroxylation sites is 1. The summed E-state index contributed by atoms with van der Waals surface area (Å²) in [4.78, 5) is 25.0.